The molecule has 0 N–H and O–H groups in total. The zero-order chi connectivity index (χ0) is 14.9. The number of quaternary nitrogens is 1. The normalized spacial score (nSPS) is 20.1. The Kier molecular flexibility index (Phi) is 9.89. The molecular formula is C11H26NO5P2+3. The van der Waals surface area contributed by atoms with Gasteiger partial charge in [0.1, 0.15) is 0 Å². The van der Waals surface area contributed by atoms with Gasteiger partial charge in [-0.1, -0.05) is 22.9 Å². The summed E-state index contributed by atoms with van der Waals surface area (Å²) < 4.78 is 34.0. The van der Waals surface area contributed by atoms with Crippen LogP contribution in [-0.2, 0) is 22.5 Å². The van der Waals surface area contributed by atoms with Crippen molar-refractivity contribution >= 4 is 16.5 Å². The highest BCUT2D eigenvalue weighted by atomic mass is 31.2. The zero-order valence-corrected chi connectivity index (χ0v) is 14.3. The van der Waals surface area contributed by atoms with Crippen LogP contribution in [0.25, 0.3) is 0 Å². The SMILES string of the molecule is CCC(CC)[N+](C)(CC)CC.O=[P+]1OCO[P+](=O)O1. The Morgan fingerprint density at radius 1 is 1.00 bits per heavy atom. The third-order valence-corrected chi connectivity index (χ3v) is 5.42. The Balaban J connectivity index is 0.000000356. The lowest BCUT2D eigenvalue weighted by Gasteiger charge is -2.39. The summed E-state index contributed by atoms with van der Waals surface area (Å²) >= 11 is 0. The minimum Gasteiger partial charge on any atom is -0.324 e. The second kappa shape index (κ2) is 9.87. The topological polar surface area (TPSA) is 61.8 Å². The third-order valence-electron chi connectivity index (χ3n) is 3.72. The zero-order valence-electron chi connectivity index (χ0n) is 12.5. The molecule has 8 heteroatoms. The molecule has 0 aromatic heterocycles. The van der Waals surface area contributed by atoms with Crippen molar-refractivity contribution in [3.8, 4) is 0 Å². The Morgan fingerprint density at radius 2 is 1.42 bits per heavy atom. The van der Waals surface area contributed by atoms with Gasteiger partial charge in [-0.15, -0.1) is 0 Å². The highest BCUT2D eigenvalue weighted by Gasteiger charge is 2.46. The third kappa shape index (κ3) is 6.84. The van der Waals surface area contributed by atoms with Crippen LogP contribution >= 0.6 is 16.5 Å². The molecule has 1 rings (SSSR count). The van der Waals surface area contributed by atoms with Crippen LogP contribution in [0, 0.1) is 0 Å². The van der Waals surface area contributed by atoms with E-state index in [1.54, 1.807) is 0 Å². The van der Waals surface area contributed by atoms with Crippen molar-refractivity contribution in [2.24, 2.45) is 0 Å². The number of nitrogens with zero attached hydrogens (tertiary/aromatic N) is 1. The van der Waals surface area contributed by atoms with Crippen LogP contribution in [0.5, 0.6) is 0 Å². The first-order valence-electron chi connectivity index (χ1n) is 6.66. The first-order valence-corrected chi connectivity index (χ1v) is 8.85. The predicted octanol–water partition coefficient (Wildman–Crippen LogP) is 3.98. The molecule has 0 aliphatic carbocycles. The first-order chi connectivity index (χ1) is 8.93. The van der Waals surface area contributed by atoms with Gasteiger partial charge in [-0.25, -0.2) is 0 Å². The molecule has 1 aliphatic heterocycles. The summed E-state index contributed by atoms with van der Waals surface area (Å²) in [6, 6.07) is 0.866. The lowest BCUT2D eigenvalue weighted by Crippen LogP contribution is -2.51. The predicted molar refractivity (Wildman–Crippen MR) is 75.0 cm³/mol. The summed E-state index contributed by atoms with van der Waals surface area (Å²) in [5.41, 5.74) is 0. The van der Waals surface area contributed by atoms with E-state index in [1.165, 1.54) is 30.4 Å². The number of rotatable bonds is 5. The van der Waals surface area contributed by atoms with Gasteiger partial charge in [-0.05, 0) is 26.7 Å². The molecule has 0 aromatic carbocycles. The summed E-state index contributed by atoms with van der Waals surface area (Å²) in [6.07, 6.45) is 2.63. The monoisotopic (exact) mass is 314 g/mol. The van der Waals surface area contributed by atoms with Crippen molar-refractivity contribution < 1.29 is 27.0 Å². The van der Waals surface area contributed by atoms with Gasteiger partial charge >= 0.3 is 16.5 Å². The summed E-state index contributed by atoms with van der Waals surface area (Å²) in [7, 11) is -2.01. The van der Waals surface area contributed by atoms with Gasteiger partial charge in [-0.2, -0.15) is 0 Å². The highest BCUT2D eigenvalue weighted by molar-refractivity contribution is 7.48. The number of hydrogen-bond acceptors (Lipinski definition) is 5. The van der Waals surface area contributed by atoms with Crippen LogP contribution in [0.3, 0.4) is 0 Å². The van der Waals surface area contributed by atoms with Crippen LogP contribution in [0.2, 0.25) is 0 Å². The van der Waals surface area contributed by atoms with Gasteiger partial charge in [0.05, 0.1) is 26.2 Å². The second-order valence-electron chi connectivity index (χ2n) is 4.49. The van der Waals surface area contributed by atoms with Gasteiger partial charge in [-0.3, -0.25) is 0 Å². The van der Waals surface area contributed by atoms with Gasteiger partial charge in [0, 0.05) is 9.13 Å². The first kappa shape index (κ1) is 19.0. The largest absolute Gasteiger partial charge is 0.750 e. The molecule has 19 heavy (non-hydrogen) atoms. The van der Waals surface area contributed by atoms with E-state index in [9.17, 15) is 9.13 Å². The molecular weight excluding hydrogens is 288 g/mol. The quantitative estimate of drug-likeness (QED) is 0.567. The molecule has 0 spiro atoms. The van der Waals surface area contributed by atoms with Crippen molar-refractivity contribution in [2.45, 2.75) is 46.6 Å². The van der Waals surface area contributed by atoms with Crippen LogP contribution < -0.4 is 0 Å². The Bertz CT molecular complexity index is 279. The number of hydrogen-bond donors (Lipinski definition) is 0. The fourth-order valence-electron chi connectivity index (χ4n) is 2.12. The maximum absolute atomic E-state index is 10.1. The smallest absolute Gasteiger partial charge is 0.324 e. The van der Waals surface area contributed by atoms with Crippen molar-refractivity contribution in [1.82, 2.24) is 0 Å². The Hall–Kier alpha value is 0.0400. The van der Waals surface area contributed by atoms with E-state index in [2.05, 4.69) is 48.1 Å². The minimum absolute atomic E-state index is 0.218. The molecule has 0 amide bonds. The van der Waals surface area contributed by atoms with Crippen molar-refractivity contribution in [2.75, 3.05) is 26.9 Å². The van der Waals surface area contributed by atoms with Crippen molar-refractivity contribution in [1.29, 1.82) is 0 Å². The summed E-state index contributed by atoms with van der Waals surface area (Å²) in [5.74, 6) is 0. The molecule has 2 unspecified atom stereocenters. The molecule has 0 aromatic rings. The molecule has 2 atom stereocenters. The van der Waals surface area contributed by atoms with Crippen LogP contribution in [0.1, 0.15) is 40.5 Å². The average molecular weight is 314 g/mol. The molecule has 112 valence electrons. The lowest BCUT2D eigenvalue weighted by atomic mass is 10.1. The maximum Gasteiger partial charge on any atom is 0.750 e. The molecule has 1 aliphatic rings. The van der Waals surface area contributed by atoms with Crippen molar-refractivity contribution in [3.05, 3.63) is 0 Å². The molecule has 1 fully saturated rings. The summed E-state index contributed by atoms with van der Waals surface area (Å²) in [4.78, 5) is 0. The Labute approximate surface area is 117 Å². The van der Waals surface area contributed by atoms with Crippen LogP contribution in [-0.4, -0.2) is 37.5 Å². The average Bonchev–Trinajstić information content (AvgIpc) is 2.40. The molecule has 6 nitrogen and oxygen atoms in total. The van der Waals surface area contributed by atoms with E-state index < -0.39 is 16.5 Å². The maximum atomic E-state index is 10.1. The van der Waals surface area contributed by atoms with E-state index in [0.717, 1.165) is 6.04 Å². The highest BCUT2D eigenvalue weighted by Crippen LogP contribution is 2.44. The Morgan fingerprint density at radius 3 is 1.58 bits per heavy atom. The molecule has 0 bridgehead atoms. The van der Waals surface area contributed by atoms with E-state index in [-0.39, 0.29) is 6.79 Å². The van der Waals surface area contributed by atoms with E-state index in [4.69, 9.17) is 0 Å². The summed E-state index contributed by atoms with van der Waals surface area (Å²) in [5, 5.41) is 0. The summed E-state index contributed by atoms with van der Waals surface area (Å²) in [6.45, 7) is 11.5. The lowest BCUT2D eigenvalue weighted by molar-refractivity contribution is -0.930. The van der Waals surface area contributed by atoms with Crippen LogP contribution in [0.15, 0.2) is 0 Å². The van der Waals surface area contributed by atoms with Gasteiger partial charge < -0.3 is 4.48 Å². The molecule has 0 saturated carbocycles. The van der Waals surface area contributed by atoms with Crippen LogP contribution in [0.4, 0.5) is 0 Å². The van der Waals surface area contributed by atoms with Crippen molar-refractivity contribution in [3.63, 3.8) is 0 Å². The second-order valence-corrected chi connectivity index (χ2v) is 6.55. The fourth-order valence-corrected chi connectivity index (χ4v) is 3.29. The van der Waals surface area contributed by atoms with Gasteiger partial charge in [0.2, 0.25) is 0 Å². The molecule has 0 radical (unpaired) electrons. The standard InChI is InChI=1S/C10H24N.CH2O5P2/c1-6-10(7-2)11(5,8-3)9-4;2-7-4-1-5-8(3)6-7/h10H,6-9H2,1-5H3;1H2/q+1;+2. The fraction of sp³-hybridized carbons (Fsp3) is 1.00. The van der Waals surface area contributed by atoms with E-state index in [0.29, 0.717) is 0 Å². The van der Waals surface area contributed by atoms with E-state index >= 15 is 0 Å². The minimum atomic E-state index is -2.19. The van der Waals surface area contributed by atoms with Gasteiger partial charge in [0.25, 0.3) is 6.79 Å². The molecule has 1 heterocycles. The molecule has 1 saturated heterocycles. The van der Waals surface area contributed by atoms with Gasteiger partial charge in [0.15, 0.2) is 4.31 Å². The van der Waals surface area contributed by atoms with E-state index in [1.807, 2.05) is 0 Å².